The fourth-order valence-electron chi connectivity index (χ4n) is 1.91. The molecule has 0 saturated heterocycles. The molecule has 0 saturated carbocycles. The molecule has 3 aromatic rings. The molecule has 2 aromatic heterocycles. The molecule has 1 aromatic carbocycles. The van der Waals surface area contributed by atoms with E-state index in [1.54, 1.807) is 30.3 Å². The van der Waals surface area contributed by atoms with E-state index in [-0.39, 0.29) is 6.61 Å². The van der Waals surface area contributed by atoms with Gasteiger partial charge in [0.2, 0.25) is 15.8 Å². The minimum atomic E-state index is -3.29. The van der Waals surface area contributed by atoms with E-state index in [1.807, 2.05) is 0 Å². The Labute approximate surface area is 138 Å². The van der Waals surface area contributed by atoms with Crippen LogP contribution in [0.4, 0.5) is 5.69 Å². The van der Waals surface area contributed by atoms with Gasteiger partial charge in [-0.15, -0.1) is 0 Å². The van der Waals surface area contributed by atoms with Crippen LogP contribution in [0.5, 0.6) is 5.75 Å². The second-order valence-corrected chi connectivity index (χ2v) is 7.05. The Balaban J connectivity index is 1.63. The summed E-state index contributed by atoms with van der Waals surface area (Å²) in [6, 6.07) is 8.38. The Bertz CT molecular complexity index is 901. The summed E-state index contributed by atoms with van der Waals surface area (Å²) in [5, 5.41) is 3.84. The average molecular weight is 349 g/mol. The zero-order chi connectivity index (χ0) is 17.2. The van der Waals surface area contributed by atoms with Crippen LogP contribution in [0, 0.1) is 0 Å². The number of anilines is 1. The minimum Gasteiger partial charge on any atom is -0.484 e. The molecule has 0 unspecified atom stereocenters. The van der Waals surface area contributed by atoms with Crippen molar-refractivity contribution < 1.29 is 22.1 Å². The third-order valence-electron chi connectivity index (χ3n) is 3.31. The molecule has 2 heterocycles. The molecule has 126 valence electrons. The first kappa shape index (κ1) is 16.1. The first-order valence-corrected chi connectivity index (χ1v) is 8.80. The summed E-state index contributed by atoms with van der Waals surface area (Å²) in [5.74, 6) is 1.31. The van der Waals surface area contributed by atoms with E-state index in [1.165, 1.54) is 23.9 Å². The number of hydrogen-bond donors (Lipinski definition) is 0. The molecule has 3 rings (SSSR count). The van der Waals surface area contributed by atoms with E-state index < -0.39 is 10.0 Å². The van der Waals surface area contributed by atoms with E-state index in [0.29, 0.717) is 23.2 Å². The Kier molecular flexibility index (Phi) is 4.26. The molecule has 9 heteroatoms. The summed E-state index contributed by atoms with van der Waals surface area (Å²) in [6.07, 6.45) is 4.19. The molecule has 8 nitrogen and oxygen atoms in total. The molecule has 24 heavy (non-hydrogen) atoms. The first-order valence-electron chi connectivity index (χ1n) is 6.95. The second kappa shape index (κ2) is 6.36. The molecule has 0 aliphatic rings. The molecule has 0 bridgehead atoms. The maximum Gasteiger partial charge on any atom is 0.264 e. The van der Waals surface area contributed by atoms with Gasteiger partial charge in [-0.25, -0.2) is 8.42 Å². The van der Waals surface area contributed by atoms with Gasteiger partial charge in [-0.1, -0.05) is 5.16 Å². The zero-order valence-electron chi connectivity index (χ0n) is 13.0. The highest BCUT2D eigenvalue weighted by Gasteiger charge is 2.12. The molecule has 0 radical (unpaired) electrons. The maximum absolute atomic E-state index is 11.5. The van der Waals surface area contributed by atoms with Gasteiger partial charge in [0.25, 0.3) is 5.89 Å². The molecular formula is C15H15N3O5S. The number of rotatable bonds is 6. The van der Waals surface area contributed by atoms with E-state index in [9.17, 15) is 8.42 Å². The van der Waals surface area contributed by atoms with Gasteiger partial charge in [0, 0.05) is 7.05 Å². The largest absolute Gasteiger partial charge is 0.484 e. The molecule has 0 N–H and O–H groups in total. The monoisotopic (exact) mass is 349 g/mol. The fraction of sp³-hybridized carbons (Fsp3) is 0.200. The SMILES string of the molecule is CN(c1ccc(OCc2nc(-c3ccoc3)no2)cc1)S(C)(=O)=O. The number of aromatic nitrogens is 2. The Morgan fingerprint density at radius 2 is 1.96 bits per heavy atom. The van der Waals surface area contributed by atoms with Crippen LogP contribution in [0.25, 0.3) is 11.4 Å². The summed E-state index contributed by atoms with van der Waals surface area (Å²) in [7, 11) is -1.80. The number of hydrogen-bond acceptors (Lipinski definition) is 7. The van der Waals surface area contributed by atoms with Gasteiger partial charge in [-0.2, -0.15) is 4.98 Å². The molecule has 0 aliphatic heterocycles. The van der Waals surface area contributed by atoms with Crippen molar-refractivity contribution in [2.45, 2.75) is 6.61 Å². The molecule has 0 fully saturated rings. The summed E-state index contributed by atoms with van der Waals surface area (Å²) >= 11 is 0. The van der Waals surface area contributed by atoms with Gasteiger partial charge in [0.15, 0.2) is 6.61 Å². The van der Waals surface area contributed by atoms with E-state index in [0.717, 1.165) is 11.8 Å². The maximum atomic E-state index is 11.5. The lowest BCUT2D eigenvalue weighted by molar-refractivity contribution is 0.243. The summed E-state index contributed by atoms with van der Waals surface area (Å²) in [5.41, 5.74) is 1.27. The van der Waals surface area contributed by atoms with Gasteiger partial charge in [-0.3, -0.25) is 4.31 Å². The van der Waals surface area contributed by atoms with Crippen LogP contribution in [0.15, 0.2) is 51.8 Å². The van der Waals surface area contributed by atoms with Gasteiger partial charge < -0.3 is 13.7 Å². The Morgan fingerprint density at radius 1 is 1.21 bits per heavy atom. The van der Waals surface area contributed by atoms with Crippen molar-refractivity contribution in [3.8, 4) is 17.1 Å². The number of ether oxygens (including phenoxy) is 1. The van der Waals surface area contributed by atoms with Crippen molar-refractivity contribution in [2.24, 2.45) is 0 Å². The van der Waals surface area contributed by atoms with Crippen molar-refractivity contribution in [3.05, 3.63) is 48.7 Å². The van der Waals surface area contributed by atoms with Crippen LogP contribution in [0.1, 0.15) is 5.89 Å². The summed E-state index contributed by atoms with van der Waals surface area (Å²) < 4.78 is 39.8. The highest BCUT2D eigenvalue weighted by atomic mass is 32.2. The molecule has 0 spiro atoms. The Hall–Kier alpha value is -2.81. The van der Waals surface area contributed by atoms with Crippen LogP contribution in [-0.4, -0.2) is 31.9 Å². The summed E-state index contributed by atoms with van der Waals surface area (Å²) in [6.45, 7) is 0.103. The normalized spacial score (nSPS) is 11.4. The second-order valence-electron chi connectivity index (χ2n) is 5.04. The third kappa shape index (κ3) is 3.57. The number of furan rings is 1. The molecule has 0 aliphatic carbocycles. The fourth-order valence-corrected chi connectivity index (χ4v) is 2.42. The lowest BCUT2D eigenvalue weighted by Crippen LogP contribution is -2.24. The van der Waals surface area contributed by atoms with Crippen molar-refractivity contribution >= 4 is 15.7 Å². The van der Waals surface area contributed by atoms with Gasteiger partial charge in [-0.05, 0) is 30.3 Å². The van der Waals surface area contributed by atoms with Crippen molar-refractivity contribution in [1.82, 2.24) is 10.1 Å². The smallest absolute Gasteiger partial charge is 0.264 e. The lowest BCUT2D eigenvalue weighted by atomic mass is 10.3. The zero-order valence-corrected chi connectivity index (χ0v) is 13.9. The predicted octanol–water partition coefficient (Wildman–Crippen LogP) is 2.30. The predicted molar refractivity (Wildman–Crippen MR) is 86.0 cm³/mol. The van der Waals surface area contributed by atoms with Crippen LogP contribution >= 0.6 is 0 Å². The topological polar surface area (TPSA) is 98.7 Å². The third-order valence-corrected chi connectivity index (χ3v) is 4.51. The van der Waals surface area contributed by atoms with Gasteiger partial charge >= 0.3 is 0 Å². The number of sulfonamides is 1. The summed E-state index contributed by atoms with van der Waals surface area (Å²) in [4.78, 5) is 4.20. The quantitative estimate of drug-likeness (QED) is 0.673. The van der Waals surface area contributed by atoms with Crippen LogP contribution in [0.3, 0.4) is 0 Å². The number of nitrogens with zero attached hydrogens (tertiary/aromatic N) is 3. The van der Waals surface area contributed by atoms with Crippen LogP contribution in [0.2, 0.25) is 0 Å². The highest BCUT2D eigenvalue weighted by Crippen LogP contribution is 2.21. The van der Waals surface area contributed by atoms with Crippen LogP contribution < -0.4 is 9.04 Å². The van der Waals surface area contributed by atoms with Crippen molar-refractivity contribution in [3.63, 3.8) is 0 Å². The van der Waals surface area contributed by atoms with Gasteiger partial charge in [0.05, 0.1) is 23.8 Å². The van der Waals surface area contributed by atoms with E-state index >= 15 is 0 Å². The minimum absolute atomic E-state index is 0.103. The van der Waals surface area contributed by atoms with E-state index in [4.69, 9.17) is 13.7 Å². The molecular weight excluding hydrogens is 334 g/mol. The average Bonchev–Trinajstić information content (AvgIpc) is 3.23. The Morgan fingerprint density at radius 3 is 2.58 bits per heavy atom. The molecule has 0 amide bonds. The molecule has 0 atom stereocenters. The highest BCUT2D eigenvalue weighted by molar-refractivity contribution is 7.92. The van der Waals surface area contributed by atoms with E-state index in [2.05, 4.69) is 10.1 Å². The standard InChI is InChI=1S/C15H15N3O5S/c1-18(24(2,19)20)12-3-5-13(6-4-12)22-10-14-16-15(17-23-14)11-7-8-21-9-11/h3-9H,10H2,1-2H3. The number of benzene rings is 1. The van der Waals surface area contributed by atoms with Crippen molar-refractivity contribution in [1.29, 1.82) is 0 Å². The first-order chi connectivity index (χ1) is 11.4. The van der Waals surface area contributed by atoms with Crippen molar-refractivity contribution in [2.75, 3.05) is 17.6 Å². The van der Waals surface area contributed by atoms with Gasteiger partial charge in [0.1, 0.15) is 12.0 Å². The lowest BCUT2D eigenvalue weighted by Gasteiger charge is -2.16. The van der Waals surface area contributed by atoms with Crippen LogP contribution in [-0.2, 0) is 16.6 Å².